The second-order valence-corrected chi connectivity index (χ2v) is 23.2. The van der Waals surface area contributed by atoms with Crippen molar-refractivity contribution in [2.24, 2.45) is 0 Å². The first-order valence-corrected chi connectivity index (χ1v) is 32.9. The average Bonchev–Trinajstić information content (AvgIpc) is 0.983. The Bertz CT molecular complexity index is 3640. The van der Waals surface area contributed by atoms with Gasteiger partial charge in [0.15, 0.2) is 0 Å². The molecule has 3 saturated heterocycles. The molecule has 0 spiro atoms. The molecule has 34 heteroatoms. The SMILES string of the molecule is C.C=C1CC(COC(=O)/C=C/C(=O)OCCCCN2CCOCC2)=CC(=O)N1.C=C1CC(COC(=O)/C=C/C(=O)OCCCN2CCOCC2)=CC(=O)N1.C=C1CC(COC(=O)/C=C/C(=O)OCCN2CCOCC2)=CC(=O)N1.C=C1CC(COC(=O)/C=C/C(=O)OCc2cc(=O)[nH]c(=O)[nH]2)=CC(=O)N1. The van der Waals surface area contributed by atoms with Gasteiger partial charge in [-0.05, 0) is 48.1 Å². The summed E-state index contributed by atoms with van der Waals surface area (Å²) in [5, 5.41) is 10.1. The Labute approximate surface area is 605 Å². The first kappa shape index (κ1) is 86.4. The Morgan fingerprint density at radius 1 is 0.362 bits per heavy atom. The first-order chi connectivity index (χ1) is 49.9. The lowest BCUT2D eigenvalue weighted by molar-refractivity contribution is -0.141. The monoisotopic (exact) mass is 1470 g/mol. The van der Waals surface area contributed by atoms with E-state index in [1.807, 2.05) is 4.98 Å². The highest BCUT2D eigenvalue weighted by Gasteiger charge is 2.19. The maximum atomic E-state index is 11.6. The molecule has 570 valence electrons. The standard InChI is InChI=1S/C19H26N2O6.C18H24N2O6.C17H22N2O6.C16H15N3O7.CH4/c1-15-12-16(13-17(22)20-15)14-27-19(24)5-4-18(23)26-9-3-2-6-21-7-10-25-11-8-21;1-14-11-15(12-16(21)19-14)13-26-18(23)4-3-17(22)25-8-2-5-20-6-9-24-10-7-20;1-13-10-14(11-15(20)18-13)12-25-17(22)3-2-16(21)24-9-6-19-4-7-23-8-5-19;1-9-4-10(5-12(20)17-9)7-25-14(22)2-3-15(23)26-8-11-6-13(21)19-16(24)18-11;/h4-5,13H,1-3,6-12,14H2,(H,20,22);3-4,12H,1-2,5-11,13H2,(H,19,21);2-3,11H,1,4-10,12H2,(H,18,20);2-3,5-6H,1,4,7-8H2,(H,17,20)(H2,18,19,21,24);1H4/b5-4+;4-3+;2*3-2+;. The lowest BCUT2D eigenvalue weighted by Gasteiger charge is -2.26. The molecular formula is C71H91N9O25. The van der Waals surface area contributed by atoms with E-state index in [9.17, 15) is 67.1 Å². The summed E-state index contributed by atoms with van der Waals surface area (Å²) in [6.07, 6.45) is 17.4. The van der Waals surface area contributed by atoms with Gasteiger partial charge in [0, 0.05) is 180 Å². The van der Waals surface area contributed by atoms with E-state index in [-0.39, 0.29) is 76.4 Å². The number of ether oxygens (including phenoxy) is 11. The van der Waals surface area contributed by atoms with Crippen molar-refractivity contribution in [2.75, 3.05) is 145 Å². The topological polar surface area (TPSA) is 430 Å². The molecule has 3 fully saturated rings. The Hall–Kier alpha value is -11.0. The maximum Gasteiger partial charge on any atom is 0.331 e. The van der Waals surface area contributed by atoms with Crippen LogP contribution in [0.5, 0.6) is 0 Å². The number of nitrogens with one attached hydrogen (secondary N) is 6. The second kappa shape index (κ2) is 48.8. The van der Waals surface area contributed by atoms with Gasteiger partial charge in [-0.2, -0.15) is 0 Å². The summed E-state index contributed by atoms with van der Waals surface area (Å²) in [6, 6.07) is 1.06. The van der Waals surface area contributed by atoms with Crippen LogP contribution in [-0.4, -0.2) is 241 Å². The number of rotatable bonds is 30. The highest BCUT2D eigenvalue weighted by atomic mass is 16.6. The molecule has 1 aromatic heterocycles. The third-order valence-electron chi connectivity index (χ3n) is 14.4. The molecule has 8 heterocycles. The Morgan fingerprint density at radius 3 is 0.952 bits per heavy atom. The van der Waals surface area contributed by atoms with Crippen molar-refractivity contribution in [1.82, 2.24) is 45.9 Å². The van der Waals surface area contributed by atoms with E-state index in [1.165, 1.54) is 24.3 Å². The third kappa shape index (κ3) is 39.8. The normalized spacial score (nSPS) is 17.1. The van der Waals surface area contributed by atoms with E-state index in [0.29, 0.717) is 104 Å². The number of carbonyl (C=O) groups is 12. The van der Waals surface area contributed by atoms with Crippen LogP contribution in [0, 0.1) is 0 Å². The average molecular weight is 1470 g/mol. The van der Waals surface area contributed by atoms with Crippen LogP contribution in [0.3, 0.4) is 0 Å². The predicted octanol–water partition coefficient (Wildman–Crippen LogP) is 0.736. The molecule has 0 unspecified atom stereocenters. The molecule has 7 aliphatic rings. The van der Waals surface area contributed by atoms with Gasteiger partial charge in [0.25, 0.3) is 5.56 Å². The van der Waals surface area contributed by atoms with Crippen LogP contribution in [0.4, 0.5) is 0 Å². The van der Waals surface area contributed by atoms with E-state index >= 15 is 0 Å². The van der Waals surface area contributed by atoms with E-state index < -0.39 is 59.0 Å². The summed E-state index contributed by atoms with van der Waals surface area (Å²) in [5.74, 6) is -6.67. The van der Waals surface area contributed by atoms with Crippen LogP contribution in [0.15, 0.2) is 160 Å². The van der Waals surface area contributed by atoms with Crippen LogP contribution in [0.2, 0.25) is 0 Å². The quantitative estimate of drug-likeness (QED) is 0.0268. The minimum atomic E-state index is -0.868. The van der Waals surface area contributed by atoms with Crippen molar-refractivity contribution in [3.63, 3.8) is 0 Å². The van der Waals surface area contributed by atoms with Gasteiger partial charge in [-0.25, -0.2) is 43.2 Å². The number of aromatic amines is 2. The lowest BCUT2D eigenvalue weighted by atomic mass is 10.1. The Kier molecular flexibility index (Phi) is 40.1. The molecule has 0 bridgehead atoms. The van der Waals surface area contributed by atoms with Crippen LogP contribution >= 0.6 is 0 Å². The summed E-state index contributed by atoms with van der Waals surface area (Å²) >= 11 is 0. The molecule has 0 aromatic carbocycles. The molecule has 1 aromatic rings. The number of allylic oxidation sites excluding steroid dienone is 4. The number of amides is 4. The molecule has 105 heavy (non-hydrogen) atoms. The molecular weight excluding hydrogens is 1380 g/mol. The zero-order valence-electron chi connectivity index (χ0n) is 57.6. The smallest absolute Gasteiger partial charge is 0.331 e. The number of esters is 8. The highest BCUT2D eigenvalue weighted by molar-refractivity contribution is 5.96. The second-order valence-electron chi connectivity index (χ2n) is 23.2. The zero-order chi connectivity index (χ0) is 75.4. The maximum absolute atomic E-state index is 11.6. The lowest BCUT2D eigenvalue weighted by Crippen LogP contribution is -2.38. The number of hydrogen-bond donors (Lipinski definition) is 6. The molecule has 0 aliphatic carbocycles. The van der Waals surface area contributed by atoms with Gasteiger partial charge in [0.2, 0.25) is 23.6 Å². The van der Waals surface area contributed by atoms with Gasteiger partial charge in [-0.1, -0.05) is 33.7 Å². The summed E-state index contributed by atoms with van der Waals surface area (Å²) in [5.41, 5.74) is 3.41. The molecule has 0 radical (unpaired) electrons. The van der Waals surface area contributed by atoms with Crippen LogP contribution in [0.1, 0.15) is 58.1 Å². The van der Waals surface area contributed by atoms with Gasteiger partial charge in [0.05, 0.1) is 58.5 Å². The van der Waals surface area contributed by atoms with Crippen molar-refractivity contribution in [3.05, 3.63) is 177 Å². The minimum Gasteiger partial charge on any atom is -0.463 e. The predicted molar refractivity (Wildman–Crippen MR) is 373 cm³/mol. The van der Waals surface area contributed by atoms with Crippen molar-refractivity contribution >= 4 is 71.4 Å². The Morgan fingerprint density at radius 2 is 0.638 bits per heavy atom. The van der Waals surface area contributed by atoms with E-state index in [2.05, 4.69) is 67.3 Å². The molecule has 0 atom stereocenters. The van der Waals surface area contributed by atoms with Gasteiger partial charge in [-0.15, -0.1) is 0 Å². The molecule has 4 amide bonds. The number of morpholine rings is 3. The fraction of sp³-hybridized carbons (Fsp3) is 0.437. The van der Waals surface area contributed by atoms with Gasteiger partial charge in [-0.3, -0.25) is 43.7 Å². The molecule has 34 nitrogen and oxygen atoms in total. The zero-order valence-corrected chi connectivity index (χ0v) is 57.6. The minimum absolute atomic E-state index is 0. The van der Waals surface area contributed by atoms with Gasteiger partial charge >= 0.3 is 53.4 Å². The van der Waals surface area contributed by atoms with E-state index in [4.69, 9.17) is 52.1 Å². The van der Waals surface area contributed by atoms with Crippen LogP contribution in [0.25, 0.3) is 0 Å². The largest absolute Gasteiger partial charge is 0.463 e. The first-order valence-electron chi connectivity index (χ1n) is 32.9. The van der Waals surface area contributed by atoms with Crippen LogP contribution in [-0.2, 0) is 116 Å². The van der Waals surface area contributed by atoms with Crippen LogP contribution < -0.4 is 32.5 Å². The molecule has 0 saturated carbocycles. The molecule has 8 rings (SSSR count). The van der Waals surface area contributed by atoms with Crippen molar-refractivity contribution in [3.8, 4) is 0 Å². The fourth-order valence-electron chi connectivity index (χ4n) is 9.58. The summed E-state index contributed by atoms with van der Waals surface area (Å²) in [6.45, 7) is 27.1. The van der Waals surface area contributed by atoms with E-state index in [0.717, 1.165) is 153 Å². The summed E-state index contributed by atoms with van der Waals surface area (Å²) < 4.78 is 55.6. The summed E-state index contributed by atoms with van der Waals surface area (Å²) in [4.78, 5) is 171. The number of nitrogens with zero attached hydrogens (tertiary/aromatic N) is 3. The number of aromatic nitrogens is 2. The van der Waals surface area contributed by atoms with E-state index in [1.54, 1.807) is 0 Å². The number of H-pyrrole nitrogens is 2. The number of carbonyl (C=O) groups excluding carboxylic acids is 12. The molecule has 7 aliphatic heterocycles. The van der Waals surface area contributed by atoms with Gasteiger partial charge in [0.1, 0.15) is 39.6 Å². The number of hydrogen-bond acceptors (Lipinski definition) is 28. The van der Waals surface area contributed by atoms with Gasteiger partial charge < -0.3 is 78.4 Å². The van der Waals surface area contributed by atoms with Crippen molar-refractivity contribution in [2.45, 2.75) is 59.0 Å². The number of unbranched alkanes of at least 4 members (excludes halogenated alkanes) is 1. The summed E-state index contributed by atoms with van der Waals surface area (Å²) in [7, 11) is 0. The third-order valence-corrected chi connectivity index (χ3v) is 14.4. The van der Waals surface area contributed by atoms with Crippen molar-refractivity contribution < 1.29 is 110 Å². The highest BCUT2D eigenvalue weighted by Crippen LogP contribution is 2.16. The fourth-order valence-corrected chi connectivity index (χ4v) is 9.58. The molecule has 6 N–H and O–H groups in total. The van der Waals surface area contributed by atoms with Crippen molar-refractivity contribution in [1.29, 1.82) is 0 Å². The Balaban J connectivity index is 0.000000295.